The van der Waals surface area contributed by atoms with Crippen LogP contribution in [0.5, 0.6) is 0 Å². The topological polar surface area (TPSA) is 76.5 Å². The van der Waals surface area contributed by atoms with Gasteiger partial charge in [0.25, 0.3) is 5.56 Å². The number of nitrogens with zero attached hydrogens (tertiary/aromatic N) is 3. The van der Waals surface area contributed by atoms with Gasteiger partial charge in [-0.3, -0.25) is 9.36 Å². The van der Waals surface area contributed by atoms with Crippen LogP contribution in [-0.2, 0) is 24.2 Å². The average Bonchev–Trinajstić information content (AvgIpc) is 2.82. The van der Waals surface area contributed by atoms with Crippen LogP contribution in [0.2, 0.25) is 5.02 Å². The van der Waals surface area contributed by atoms with Gasteiger partial charge in [0.15, 0.2) is 0 Å². The lowest BCUT2D eigenvalue weighted by atomic mass is 9.96. The summed E-state index contributed by atoms with van der Waals surface area (Å²) in [5.74, 6) is 6.53. The fourth-order valence-corrected chi connectivity index (χ4v) is 3.98. The average molecular weight is 515 g/mol. The van der Waals surface area contributed by atoms with Gasteiger partial charge in [-0.2, -0.15) is 0 Å². The van der Waals surface area contributed by atoms with Crippen molar-refractivity contribution in [3.63, 3.8) is 0 Å². The van der Waals surface area contributed by atoms with Gasteiger partial charge in [-0.15, -0.1) is 5.92 Å². The summed E-state index contributed by atoms with van der Waals surface area (Å²) in [4.78, 5) is 32.5. The second kappa shape index (κ2) is 12.8. The van der Waals surface area contributed by atoms with Crippen LogP contribution in [-0.4, -0.2) is 32.7 Å². The molecule has 36 heavy (non-hydrogen) atoms. The predicted molar refractivity (Wildman–Crippen MR) is 146 cm³/mol. The number of nitrogens with one attached hydrogen (secondary N) is 1. The second-order valence-corrected chi connectivity index (χ2v) is 10.2. The first-order valence-electron chi connectivity index (χ1n) is 12.5. The van der Waals surface area contributed by atoms with Gasteiger partial charge >= 0.3 is 6.09 Å². The van der Waals surface area contributed by atoms with Crippen molar-refractivity contribution >= 4 is 23.6 Å². The molecule has 7 nitrogen and oxygen atoms in total. The van der Waals surface area contributed by atoms with Crippen molar-refractivity contribution in [2.75, 3.05) is 11.9 Å². The normalized spacial score (nSPS) is 13.6. The first kappa shape index (κ1) is 29.3. The number of carbonyl (C=O) groups excluding carboxylic acids is 1. The first-order chi connectivity index (χ1) is 17.0. The van der Waals surface area contributed by atoms with Crippen LogP contribution in [0.3, 0.4) is 0 Å². The predicted octanol–water partition coefficient (Wildman–Crippen LogP) is 6.05. The molecule has 1 aromatic heterocycles. The van der Waals surface area contributed by atoms with E-state index in [1.165, 1.54) is 0 Å². The van der Waals surface area contributed by atoms with E-state index in [4.69, 9.17) is 21.3 Å². The van der Waals surface area contributed by atoms with Crippen molar-refractivity contribution in [3.05, 3.63) is 56.5 Å². The highest BCUT2D eigenvalue weighted by Gasteiger charge is 2.30. The summed E-state index contributed by atoms with van der Waals surface area (Å²) in [7, 11) is 0. The second-order valence-electron chi connectivity index (χ2n) is 9.75. The molecule has 3 rings (SSSR count). The molecule has 1 aromatic carbocycles. The van der Waals surface area contributed by atoms with Crippen LogP contribution >= 0.6 is 11.6 Å². The van der Waals surface area contributed by atoms with Gasteiger partial charge in [-0.05, 0) is 51.3 Å². The van der Waals surface area contributed by atoms with E-state index in [2.05, 4.69) is 31.0 Å². The zero-order valence-electron chi connectivity index (χ0n) is 22.7. The maximum Gasteiger partial charge on any atom is 0.410 e. The van der Waals surface area contributed by atoms with Gasteiger partial charge < -0.3 is 15.0 Å². The van der Waals surface area contributed by atoms with Crippen molar-refractivity contribution in [3.8, 4) is 11.8 Å². The van der Waals surface area contributed by atoms with E-state index < -0.39 is 11.7 Å². The molecule has 0 spiro atoms. The van der Waals surface area contributed by atoms with Crippen molar-refractivity contribution in [1.29, 1.82) is 0 Å². The van der Waals surface area contributed by atoms with Crippen LogP contribution < -0.4 is 10.9 Å². The summed E-state index contributed by atoms with van der Waals surface area (Å²) in [6.07, 6.45) is 0.0498. The first-order valence-corrected chi connectivity index (χ1v) is 12.9. The molecule has 0 bridgehead atoms. The van der Waals surface area contributed by atoms with Gasteiger partial charge in [0.2, 0.25) is 5.95 Å². The molecule has 1 aliphatic rings. The molecule has 2 aromatic rings. The zero-order valence-corrected chi connectivity index (χ0v) is 23.5. The summed E-state index contributed by atoms with van der Waals surface area (Å²) in [5.41, 5.74) is 1.46. The minimum Gasteiger partial charge on any atom is -0.444 e. The Kier molecular flexibility index (Phi) is 10.4. The number of anilines is 1. The lowest BCUT2D eigenvalue weighted by molar-refractivity contribution is 0.0221. The molecule has 0 saturated heterocycles. The molecule has 196 valence electrons. The van der Waals surface area contributed by atoms with E-state index in [1.807, 2.05) is 58.9 Å². The van der Waals surface area contributed by atoms with Gasteiger partial charge in [0.05, 0.1) is 30.4 Å². The Balaban J connectivity index is 0.00000222. The highest BCUT2D eigenvalue weighted by Crippen LogP contribution is 2.28. The summed E-state index contributed by atoms with van der Waals surface area (Å²) < 4.78 is 7.06. The van der Waals surface area contributed by atoms with E-state index in [1.54, 1.807) is 16.4 Å². The minimum absolute atomic E-state index is 0.0788. The van der Waals surface area contributed by atoms with Crippen molar-refractivity contribution in [2.24, 2.45) is 5.92 Å². The molecule has 1 amide bonds. The molecule has 0 saturated carbocycles. The molecule has 0 radical (unpaired) electrons. The van der Waals surface area contributed by atoms with E-state index in [-0.39, 0.29) is 30.6 Å². The van der Waals surface area contributed by atoms with Gasteiger partial charge in [-0.25, -0.2) is 9.78 Å². The molecule has 2 heterocycles. The zero-order chi connectivity index (χ0) is 27.0. The third-order valence-corrected chi connectivity index (χ3v) is 5.81. The lowest BCUT2D eigenvalue weighted by Gasteiger charge is -2.31. The highest BCUT2D eigenvalue weighted by atomic mass is 35.5. The highest BCUT2D eigenvalue weighted by molar-refractivity contribution is 6.30. The Hall–Kier alpha value is -2.98. The van der Waals surface area contributed by atoms with Crippen LogP contribution in [0.4, 0.5) is 10.7 Å². The van der Waals surface area contributed by atoms with Crippen LogP contribution in [0.1, 0.15) is 78.3 Å². The number of aromatic nitrogens is 2. The van der Waals surface area contributed by atoms with Crippen LogP contribution in [0, 0.1) is 17.8 Å². The molecule has 1 atom stereocenters. The molecule has 0 aliphatic carbocycles. The number of hydrogen-bond donors (Lipinski definition) is 1. The fraction of sp³-hybridized carbons (Fsp3) is 0.536. The SMILES string of the molecule is CC.CC#CCn1c(N[C@H](c2ccc(Cl)cc2)C(C)C)nc2c(c1=O)CN(C(=O)OC(C)(C)C)CC2. The van der Waals surface area contributed by atoms with E-state index in [9.17, 15) is 9.59 Å². The summed E-state index contributed by atoms with van der Waals surface area (Å²) in [6.45, 7) is 16.2. The Morgan fingerprint density at radius 1 is 1.22 bits per heavy atom. The number of benzene rings is 1. The van der Waals surface area contributed by atoms with Gasteiger partial charge in [-0.1, -0.05) is 57.3 Å². The van der Waals surface area contributed by atoms with Crippen molar-refractivity contribution in [2.45, 2.75) is 86.5 Å². The minimum atomic E-state index is -0.603. The Bertz CT molecular complexity index is 1150. The number of carbonyl (C=O) groups is 1. The molecule has 1 aliphatic heterocycles. The Morgan fingerprint density at radius 2 is 1.86 bits per heavy atom. The van der Waals surface area contributed by atoms with Crippen molar-refractivity contribution in [1.82, 2.24) is 14.5 Å². The monoisotopic (exact) mass is 514 g/mol. The summed E-state index contributed by atoms with van der Waals surface area (Å²) in [6, 6.07) is 7.59. The molecule has 1 N–H and O–H groups in total. The number of fused-ring (bicyclic) bond motifs is 1. The molecular weight excluding hydrogens is 476 g/mol. The number of amides is 1. The molecular formula is C28H39ClN4O3. The Labute approximate surface area is 220 Å². The van der Waals surface area contributed by atoms with Gasteiger partial charge in [0.1, 0.15) is 5.60 Å². The smallest absolute Gasteiger partial charge is 0.410 e. The molecule has 0 unspecified atom stereocenters. The molecule has 8 heteroatoms. The maximum atomic E-state index is 13.5. The van der Waals surface area contributed by atoms with E-state index in [0.717, 1.165) is 5.56 Å². The third-order valence-electron chi connectivity index (χ3n) is 5.56. The van der Waals surface area contributed by atoms with Crippen LogP contribution in [0.25, 0.3) is 0 Å². The lowest BCUT2D eigenvalue weighted by Crippen LogP contribution is -2.43. The number of hydrogen-bond acceptors (Lipinski definition) is 5. The third kappa shape index (κ3) is 7.51. The fourth-order valence-electron chi connectivity index (χ4n) is 3.86. The molecule has 0 fully saturated rings. The van der Waals surface area contributed by atoms with Gasteiger partial charge in [0, 0.05) is 18.0 Å². The van der Waals surface area contributed by atoms with Crippen molar-refractivity contribution < 1.29 is 9.53 Å². The standard InChI is InChI=1S/C26H33ClN4O3.C2H6/c1-7-8-14-31-23(32)20-16-30(25(33)34-26(4,5)6)15-13-21(20)28-24(31)29-22(17(2)3)18-9-11-19(27)12-10-18;1-2/h9-12,17,22H,13-16H2,1-6H3,(H,28,29);1-2H3/t22-;/m0./s1. The quantitative estimate of drug-likeness (QED) is 0.491. The number of halogens is 1. The number of rotatable bonds is 5. The van der Waals surface area contributed by atoms with E-state index in [0.29, 0.717) is 35.2 Å². The Morgan fingerprint density at radius 3 is 2.42 bits per heavy atom. The largest absolute Gasteiger partial charge is 0.444 e. The van der Waals surface area contributed by atoms with Crippen LogP contribution in [0.15, 0.2) is 29.1 Å². The van der Waals surface area contributed by atoms with E-state index >= 15 is 0 Å². The maximum absolute atomic E-state index is 13.5. The number of ether oxygens (including phenoxy) is 1. The summed E-state index contributed by atoms with van der Waals surface area (Å²) >= 11 is 6.08. The summed E-state index contributed by atoms with van der Waals surface area (Å²) in [5, 5.41) is 4.15.